The molecule has 1 aromatic carbocycles. The predicted molar refractivity (Wildman–Crippen MR) is 110 cm³/mol. The van der Waals surface area contributed by atoms with Gasteiger partial charge in [-0.2, -0.15) is 0 Å². The average Bonchev–Trinajstić information content (AvgIpc) is 2.69. The SMILES string of the molecule is CC(=O)CCCN1CC[C@@H](CNC(=O)c2cc(N)c(Cl)c3c2OCCO3)[C@H](O)C1. The first-order chi connectivity index (χ1) is 13.9. The maximum absolute atomic E-state index is 12.7. The van der Waals surface area contributed by atoms with Crippen LogP contribution in [0, 0.1) is 5.92 Å². The van der Waals surface area contributed by atoms with Gasteiger partial charge in [0.2, 0.25) is 0 Å². The zero-order chi connectivity index (χ0) is 21.0. The minimum Gasteiger partial charge on any atom is -0.485 e. The van der Waals surface area contributed by atoms with Crippen molar-refractivity contribution < 1.29 is 24.2 Å². The van der Waals surface area contributed by atoms with E-state index in [1.807, 2.05) is 0 Å². The Morgan fingerprint density at radius 2 is 2.07 bits per heavy atom. The van der Waals surface area contributed by atoms with Crippen LogP contribution in [0.1, 0.15) is 36.5 Å². The van der Waals surface area contributed by atoms with Crippen molar-refractivity contribution >= 4 is 29.0 Å². The molecule has 0 unspecified atom stereocenters. The van der Waals surface area contributed by atoms with Crippen LogP contribution in [0.5, 0.6) is 11.5 Å². The van der Waals surface area contributed by atoms with Crippen molar-refractivity contribution in [3.05, 3.63) is 16.7 Å². The molecule has 2 atom stereocenters. The number of hydrogen-bond donors (Lipinski definition) is 3. The second-order valence-corrected chi connectivity index (χ2v) is 7.99. The second kappa shape index (κ2) is 9.65. The second-order valence-electron chi connectivity index (χ2n) is 7.61. The lowest BCUT2D eigenvalue weighted by Crippen LogP contribution is -2.47. The first kappa shape index (κ1) is 21.7. The number of ketones is 1. The number of ether oxygens (including phenoxy) is 2. The molecule has 0 radical (unpaired) electrons. The van der Waals surface area contributed by atoms with Gasteiger partial charge >= 0.3 is 0 Å². The minimum atomic E-state index is -0.537. The molecule has 1 saturated heterocycles. The van der Waals surface area contributed by atoms with Gasteiger partial charge in [-0.1, -0.05) is 11.6 Å². The van der Waals surface area contributed by atoms with E-state index in [-0.39, 0.29) is 33.9 Å². The molecule has 0 saturated carbocycles. The van der Waals surface area contributed by atoms with E-state index in [1.165, 1.54) is 6.07 Å². The number of nitrogen functional groups attached to an aromatic ring is 1. The lowest BCUT2D eigenvalue weighted by atomic mass is 9.93. The quantitative estimate of drug-likeness (QED) is 0.567. The summed E-state index contributed by atoms with van der Waals surface area (Å²) in [7, 11) is 0. The molecule has 1 fully saturated rings. The number of likely N-dealkylation sites (tertiary alicyclic amines) is 1. The summed E-state index contributed by atoms with van der Waals surface area (Å²) in [5.74, 6) is 0.394. The van der Waals surface area contributed by atoms with Crippen molar-refractivity contribution in [2.24, 2.45) is 5.92 Å². The molecular formula is C20H28ClN3O5. The first-order valence-electron chi connectivity index (χ1n) is 9.92. The lowest BCUT2D eigenvalue weighted by Gasteiger charge is -2.36. The normalized spacial score (nSPS) is 21.6. The van der Waals surface area contributed by atoms with Crippen LogP contribution in [-0.2, 0) is 4.79 Å². The number of aliphatic hydroxyl groups is 1. The number of hydrogen-bond acceptors (Lipinski definition) is 7. The maximum atomic E-state index is 12.7. The van der Waals surface area contributed by atoms with E-state index in [0.717, 1.165) is 25.9 Å². The van der Waals surface area contributed by atoms with Crippen molar-refractivity contribution in [3.63, 3.8) is 0 Å². The molecule has 3 rings (SSSR count). The summed E-state index contributed by atoms with van der Waals surface area (Å²) in [6.07, 6.45) is 1.59. The van der Waals surface area contributed by atoms with Crippen LogP contribution in [0.2, 0.25) is 5.02 Å². The van der Waals surface area contributed by atoms with Crippen molar-refractivity contribution in [1.82, 2.24) is 10.2 Å². The molecule has 2 aliphatic rings. The third kappa shape index (κ3) is 5.32. The van der Waals surface area contributed by atoms with Crippen LogP contribution in [0.15, 0.2) is 6.07 Å². The Morgan fingerprint density at radius 1 is 1.34 bits per heavy atom. The number of piperidine rings is 1. The smallest absolute Gasteiger partial charge is 0.255 e. The number of nitrogens with one attached hydrogen (secondary N) is 1. The van der Waals surface area contributed by atoms with E-state index in [0.29, 0.717) is 44.2 Å². The van der Waals surface area contributed by atoms with E-state index in [2.05, 4.69) is 10.2 Å². The third-order valence-electron chi connectivity index (χ3n) is 5.36. The molecule has 1 aromatic rings. The number of β-amino-alcohol motifs (C(OH)–C–C–N with tert-alkyl or cyclic N) is 1. The van der Waals surface area contributed by atoms with Crippen LogP contribution >= 0.6 is 11.6 Å². The van der Waals surface area contributed by atoms with E-state index < -0.39 is 6.10 Å². The van der Waals surface area contributed by atoms with Gasteiger partial charge in [0.25, 0.3) is 5.91 Å². The van der Waals surface area contributed by atoms with Crippen LogP contribution in [0.3, 0.4) is 0 Å². The molecule has 2 aliphatic heterocycles. The van der Waals surface area contributed by atoms with Gasteiger partial charge in [0, 0.05) is 25.4 Å². The molecule has 2 heterocycles. The Hall–Kier alpha value is -2.03. The zero-order valence-corrected chi connectivity index (χ0v) is 17.3. The Morgan fingerprint density at radius 3 is 2.76 bits per heavy atom. The predicted octanol–water partition coefficient (Wildman–Crippen LogP) is 1.48. The van der Waals surface area contributed by atoms with E-state index >= 15 is 0 Å². The molecular weight excluding hydrogens is 398 g/mol. The summed E-state index contributed by atoms with van der Waals surface area (Å²) in [6.45, 7) is 4.77. The number of nitrogens with two attached hydrogens (primary N) is 1. The molecule has 0 aliphatic carbocycles. The molecule has 1 amide bonds. The standard InChI is InChI=1S/C20H28ClN3O5/c1-12(25)3-2-5-24-6-4-13(16(26)11-24)10-23-20(27)14-9-15(22)17(21)19-18(14)28-7-8-29-19/h9,13,16,26H,2-8,10-11,22H2,1H3,(H,23,27)/t13-,16+/m0/s1. The topological polar surface area (TPSA) is 114 Å². The van der Waals surface area contributed by atoms with E-state index in [4.69, 9.17) is 26.8 Å². The van der Waals surface area contributed by atoms with Gasteiger partial charge in [-0.05, 0) is 38.9 Å². The Kier molecular flexibility index (Phi) is 7.21. The van der Waals surface area contributed by atoms with Crippen LogP contribution in [-0.4, -0.2) is 67.2 Å². The summed E-state index contributed by atoms with van der Waals surface area (Å²) in [6, 6.07) is 1.49. The molecule has 4 N–H and O–H groups in total. The lowest BCUT2D eigenvalue weighted by molar-refractivity contribution is -0.117. The number of rotatable bonds is 7. The molecule has 9 heteroatoms. The Balaban J connectivity index is 1.55. The molecule has 0 bridgehead atoms. The third-order valence-corrected chi connectivity index (χ3v) is 5.75. The van der Waals surface area contributed by atoms with Crippen molar-refractivity contribution in [1.29, 1.82) is 0 Å². The van der Waals surface area contributed by atoms with Crippen molar-refractivity contribution in [2.75, 3.05) is 45.1 Å². The molecule has 160 valence electrons. The highest BCUT2D eigenvalue weighted by molar-refractivity contribution is 6.35. The van der Waals surface area contributed by atoms with Gasteiger partial charge in [0.1, 0.15) is 24.0 Å². The summed E-state index contributed by atoms with van der Waals surface area (Å²) in [5, 5.41) is 13.6. The number of amides is 1. The molecule has 29 heavy (non-hydrogen) atoms. The van der Waals surface area contributed by atoms with Crippen molar-refractivity contribution in [2.45, 2.75) is 32.3 Å². The Labute approximate surface area is 175 Å². The Bertz CT molecular complexity index is 773. The number of carbonyl (C=O) groups excluding carboxylic acids is 2. The largest absolute Gasteiger partial charge is 0.485 e. The first-order valence-corrected chi connectivity index (χ1v) is 10.3. The number of nitrogens with zero attached hydrogens (tertiary/aromatic N) is 1. The summed E-state index contributed by atoms with van der Waals surface area (Å²) >= 11 is 6.15. The van der Waals surface area contributed by atoms with Gasteiger partial charge in [-0.15, -0.1) is 0 Å². The number of anilines is 1. The monoisotopic (exact) mass is 425 g/mol. The molecule has 8 nitrogen and oxygen atoms in total. The van der Waals surface area contributed by atoms with Crippen LogP contribution < -0.4 is 20.5 Å². The number of aliphatic hydroxyl groups excluding tert-OH is 1. The highest BCUT2D eigenvalue weighted by Crippen LogP contribution is 2.43. The fraction of sp³-hybridized carbons (Fsp3) is 0.600. The number of carbonyl (C=O) groups is 2. The fourth-order valence-corrected chi connectivity index (χ4v) is 3.92. The number of halogens is 1. The highest BCUT2D eigenvalue weighted by atomic mass is 35.5. The maximum Gasteiger partial charge on any atom is 0.255 e. The summed E-state index contributed by atoms with van der Waals surface area (Å²) in [5.41, 5.74) is 6.43. The van der Waals surface area contributed by atoms with Gasteiger partial charge in [0.15, 0.2) is 11.5 Å². The number of fused-ring (bicyclic) bond motifs is 1. The summed E-state index contributed by atoms with van der Waals surface area (Å²) < 4.78 is 11.1. The average molecular weight is 426 g/mol. The fourth-order valence-electron chi connectivity index (χ4n) is 3.72. The van der Waals surface area contributed by atoms with Gasteiger partial charge in [-0.3, -0.25) is 4.79 Å². The zero-order valence-electron chi connectivity index (χ0n) is 16.6. The van der Waals surface area contributed by atoms with Crippen LogP contribution in [0.4, 0.5) is 5.69 Å². The highest BCUT2D eigenvalue weighted by Gasteiger charge is 2.29. The van der Waals surface area contributed by atoms with E-state index in [9.17, 15) is 14.7 Å². The van der Waals surface area contributed by atoms with E-state index in [1.54, 1.807) is 6.92 Å². The van der Waals surface area contributed by atoms with Gasteiger partial charge < -0.3 is 35.3 Å². The van der Waals surface area contributed by atoms with Gasteiger partial charge in [-0.25, -0.2) is 0 Å². The molecule has 0 spiro atoms. The summed E-state index contributed by atoms with van der Waals surface area (Å²) in [4.78, 5) is 25.9. The molecule has 0 aromatic heterocycles. The van der Waals surface area contributed by atoms with Gasteiger partial charge in [0.05, 0.1) is 17.4 Å². The number of benzene rings is 1. The minimum absolute atomic E-state index is 0.0411. The number of Topliss-reactive ketones (excluding diaryl/α,β-unsaturated/α-hetero) is 1. The van der Waals surface area contributed by atoms with Crippen LogP contribution in [0.25, 0.3) is 0 Å². The van der Waals surface area contributed by atoms with Crippen molar-refractivity contribution in [3.8, 4) is 11.5 Å².